The van der Waals surface area contributed by atoms with Crippen LogP contribution >= 0.6 is 0 Å². The molecule has 160 valence electrons. The number of nitrogens with one attached hydrogen (secondary N) is 2. The van der Waals surface area contributed by atoms with Crippen molar-refractivity contribution in [3.63, 3.8) is 0 Å². The van der Waals surface area contributed by atoms with E-state index < -0.39 is 5.97 Å². The molecular formula is C21H32N4O4. The lowest BCUT2D eigenvalue weighted by Gasteiger charge is -2.31. The van der Waals surface area contributed by atoms with E-state index in [1.165, 1.54) is 12.1 Å². The molecule has 1 fully saturated rings. The summed E-state index contributed by atoms with van der Waals surface area (Å²) in [5, 5.41) is 15.3. The molecule has 8 nitrogen and oxygen atoms in total. The van der Waals surface area contributed by atoms with Crippen molar-refractivity contribution in [3.05, 3.63) is 23.8 Å². The third kappa shape index (κ3) is 6.45. The average Bonchev–Trinajstić information content (AvgIpc) is 2.71. The molecule has 1 aliphatic rings. The summed E-state index contributed by atoms with van der Waals surface area (Å²) in [4.78, 5) is 40.3. The molecule has 3 N–H and O–H groups in total. The highest BCUT2D eigenvalue weighted by Gasteiger charge is 2.25. The first-order valence-electron chi connectivity index (χ1n) is 10.2. The Bertz CT molecular complexity index is 729. The van der Waals surface area contributed by atoms with Crippen molar-refractivity contribution in [1.82, 2.24) is 10.2 Å². The number of piperazine rings is 1. The van der Waals surface area contributed by atoms with Gasteiger partial charge in [0, 0.05) is 52.6 Å². The third-order valence-electron chi connectivity index (χ3n) is 5.13. The van der Waals surface area contributed by atoms with Gasteiger partial charge in [-0.1, -0.05) is 13.3 Å². The zero-order valence-corrected chi connectivity index (χ0v) is 17.5. The molecule has 0 aliphatic carbocycles. The summed E-state index contributed by atoms with van der Waals surface area (Å²) in [7, 11) is 3.66. The van der Waals surface area contributed by atoms with Gasteiger partial charge in [-0.25, -0.2) is 4.79 Å². The van der Waals surface area contributed by atoms with Crippen LogP contribution in [0.25, 0.3) is 0 Å². The number of carboxylic acids is 1. The molecule has 0 spiro atoms. The SMILES string of the molecule is CCCC(CCC(=O)Nc1cc(C(=O)O)ccc1N(C)C)C(=O)N1CCNCC1. The Morgan fingerprint density at radius 3 is 2.48 bits per heavy atom. The second kappa shape index (κ2) is 10.8. The van der Waals surface area contributed by atoms with E-state index in [1.54, 1.807) is 6.07 Å². The summed E-state index contributed by atoms with van der Waals surface area (Å²) >= 11 is 0. The number of carboxylic acid groups (broad SMARTS) is 1. The summed E-state index contributed by atoms with van der Waals surface area (Å²) in [6, 6.07) is 4.65. The molecular weight excluding hydrogens is 372 g/mol. The first-order valence-corrected chi connectivity index (χ1v) is 10.2. The van der Waals surface area contributed by atoms with E-state index in [-0.39, 0.29) is 29.7 Å². The highest BCUT2D eigenvalue weighted by Crippen LogP contribution is 2.26. The Morgan fingerprint density at radius 2 is 1.90 bits per heavy atom. The van der Waals surface area contributed by atoms with Gasteiger partial charge in [-0.15, -0.1) is 0 Å². The molecule has 1 unspecified atom stereocenters. The maximum atomic E-state index is 12.8. The monoisotopic (exact) mass is 404 g/mol. The van der Waals surface area contributed by atoms with Crippen molar-refractivity contribution in [2.45, 2.75) is 32.6 Å². The summed E-state index contributed by atoms with van der Waals surface area (Å²) < 4.78 is 0. The van der Waals surface area contributed by atoms with Crippen molar-refractivity contribution in [2.75, 3.05) is 50.5 Å². The van der Waals surface area contributed by atoms with E-state index in [1.807, 2.05) is 30.8 Å². The topological polar surface area (TPSA) is 102 Å². The molecule has 0 radical (unpaired) electrons. The minimum atomic E-state index is -1.05. The van der Waals surface area contributed by atoms with Gasteiger partial charge in [0.2, 0.25) is 11.8 Å². The molecule has 1 aromatic rings. The number of carbonyl (C=O) groups is 3. The molecule has 1 aliphatic heterocycles. The van der Waals surface area contributed by atoms with Gasteiger partial charge in [-0.2, -0.15) is 0 Å². The number of carbonyl (C=O) groups excluding carboxylic acids is 2. The quantitative estimate of drug-likeness (QED) is 0.582. The molecule has 2 amide bonds. The van der Waals surface area contributed by atoms with Crippen LogP contribution in [0.1, 0.15) is 43.0 Å². The number of hydrogen-bond donors (Lipinski definition) is 3. The lowest BCUT2D eigenvalue weighted by molar-refractivity contribution is -0.136. The minimum Gasteiger partial charge on any atom is -0.478 e. The first-order chi connectivity index (χ1) is 13.8. The average molecular weight is 405 g/mol. The van der Waals surface area contributed by atoms with Crippen LogP contribution in [0.2, 0.25) is 0 Å². The number of benzene rings is 1. The molecule has 1 atom stereocenters. The van der Waals surface area contributed by atoms with Gasteiger partial charge < -0.3 is 25.5 Å². The van der Waals surface area contributed by atoms with Gasteiger partial charge in [-0.3, -0.25) is 9.59 Å². The number of nitrogens with zero attached hydrogens (tertiary/aromatic N) is 2. The molecule has 0 saturated carbocycles. The Hall–Kier alpha value is -2.61. The lowest BCUT2D eigenvalue weighted by Crippen LogP contribution is -2.48. The largest absolute Gasteiger partial charge is 0.478 e. The van der Waals surface area contributed by atoms with Gasteiger partial charge in [0.15, 0.2) is 0 Å². The fourth-order valence-electron chi connectivity index (χ4n) is 3.56. The van der Waals surface area contributed by atoms with Gasteiger partial charge in [0.1, 0.15) is 0 Å². The number of hydrogen-bond acceptors (Lipinski definition) is 5. The first kappa shape index (κ1) is 22.7. The van der Waals surface area contributed by atoms with Crippen LogP contribution in [-0.4, -0.2) is 68.1 Å². The molecule has 29 heavy (non-hydrogen) atoms. The smallest absolute Gasteiger partial charge is 0.335 e. The highest BCUT2D eigenvalue weighted by molar-refractivity contribution is 5.97. The van der Waals surface area contributed by atoms with Crippen LogP contribution < -0.4 is 15.5 Å². The van der Waals surface area contributed by atoms with Crippen LogP contribution in [0, 0.1) is 5.92 Å². The normalized spacial score (nSPS) is 14.9. The molecule has 1 saturated heterocycles. The van der Waals surface area contributed by atoms with Gasteiger partial charge in [0.25, 0.3) is 0 Å². The van der Waals surface area contributed by atoms with Crippen molar-refractivity contribution in [3.8, 4) is 0 Å². The fraction of sp³-hybridized carbons (Fsp3) is 0.571. The Balaban J connectivity index is 2.02. The van der Waals surface area contributed by atoms with Crippen molar-refractivity contribution in [2.24, 2.45) is 5.92 Å². The van der Waals surface area contributed by atoms with E-state index in [9.17, 15) is 19.5 Å². The minimum absolute atomic E-state index is 0.114. The second-order valence-corrected chi connectivity index (χ2v) is 7.58. The number of rotatable bonds is 9. The molecule has 1 aromatic carbocycles. The van der Waals surface area contributed by atoms with E-state index >= 15 is 0 Å². The Morgan fingerprint density at radius 1 is 1.21 bits per heavy atom. The van der Waals surface area contributed by atoms with Gasteiger partial charge in [0.05, 0.1) is 16.9 Å². The molecule has 2 rings (SSSR count). The van der Waals surface area contributed by atoms with Crippen LogP contribution in [0.15, 0.2) is 18.2 Å². The third-order valence-corrected chi connectivity index (χ3v) is 5.13. The summed E-state index contributed by atoms with van der Waals surface area (Å²) in [5.74, 6) is -1.30. The van der Waals surface area contributed by atoms with Crippen molar-refractivity contribution >= 4 is 29.2 Å². The zero-order chi connectivity index (χ0) is 21.4. The van der Waals surface area contributed by atoms with E-state index in [0.29, 0.717) is 25.2 Å². The number of amides is 2. The maximum absolute atomic E-state index is 12.8. The predicted octanol–water partition coefficient (Wildman–Crippen LogP) is 2.02. The standard InChI is InChI=1S/C21H32N4O4/c1-4-5-15(20(27)25-12-10-22-11-13-25)7-9-19(26)23-17-14-16(21(28)29)6-8-18(17)24(2)3/h6,8,14-15,22H,4-5,7,9-13H2,1-3H3,(H,23,26)(H,28,29). The predicted molar refractivity (Wildman–Crippen MR) is 113 cm³/mol. The van der Waals surface area contributed by atoms with Crippen LogP contribution in [0.4, 0.5) is 11.4 Å². The number of aromatic carboxylic acids is 1. The van der Waals surface area contributed by atoms with E-state index in [4.69, 9.17) is 0 Å². The summed E-state index contributed by atoms with van der Waals surface area (Å²) in [5.41, 5.74) is 1.30. The molecule has 8 heteroatoms. The van der Waals surface area contributed by atoms with Crippen molar-refractivity contribution < 1.29 is 19.5 Å². The van der Waals surface area contributed by atoms with Crippen LogP contribution in [0.3, 0.4) is 0 Å². The Kier molecular flexibility index (Phi) is 8.45. The van der Waals surface area contributed by atoms with Crippen LogP contribution in [0.5, 0.6) is 0 Å². The Labute approximate surface area is 172 Å². The maximum Gasteiger partial charge on any atom is 0.335 e. The van der Waals surface area contributed by atoms with E-state index in [2.05, 4.69) is 10.6 Å². The van der Waals surface area contributed by atoms with E-state index in [0.717, 1.165) is 31.6 Å². The number of anilines is 2. The fourth-order valence-corrected chi connectivity index (χ4v) is 3.56. The van der Waals surface area contributed by atoms with Gasteiger partial charge >= 0.3 is 5.97 Å². The highest BCUT2D eigenvalue weighted by atomic mass is 16.4. The molecule has 0 aromatic heterocycles. The zero-order valence-electron chi connectivity index (χ0n) is 17.5. The van der Waals surface area contributed by atoms with Crippen molar-refractivity contribution in [1.29, 1.82) is 0 Å². The lowest BCUT2D eigenvalue weighted by atomic mass is 9.95. The molecule has 0 bridgehead atoms. The molecule has 1 heterocycles. The second-order valence-electron chi connectivity index (χ2n) is 7.58. The summed E-state index contributed by atoms with van der Waals surface area (Å²) in [6.45, 7) is 5.06. The van der Waals surface area contributed by atoms with Crippen LogP contribution in [-0.2, 0) is 9.59 Å². The summed E-state index contributed by atoms with van der Waals surface area (Å²) in [6.07, 6.45) is 2.34. The van der Waals surface area contributed by atoms with Gasteiger partial charge in [-0.05, 0) is 31.0 Å².